The number of hydrogen-bond donors (Lipinski definition) is 0. The molecule has 154 valence electrons. The highest BCUT2D eigenvalue weighted by molar-refractivity contribution is 9.10. The monoisotopic (exact) mass is 484 g/mol. The summed E-state index contributed by atoms with van der Waals surface area (Å²) in [4.78, 5) is 0. The zero-order valence-electron chi connectivity index (χ0n) is 17.6. The van der Waals surface area contributed by atoms with Crippen LogP contribution in [0, 0.1) is 0 Å². The summed E-state index contributed by atoms with van der Waals surface area (Å²) < 4.78 is 7.63. The first-order valence-electron chi connectivity index (χ1n) is 11.2. The molecule has 8 rings (SSSR count). The Morgan fingerprint density at radius 1 is 0.545 bits per heavy atom. The Hall–Kier alpha value is -3.62. The molecule has 0 N–H and O–H groups in total. The molecule has 1 nitrogen and oxygen atoms in total. The minimum atomic E-state index is -0.327. The molecular formula is C31H17BrO. The Morgan fingerprint density at radius 3 is 1.85 bits per heavy atom. The molecule has 0 unspecified atom stereocenters. The molecule has 0 aliphatic heterocycles. The molecule has 6 aromatic rings. The average Bonchev–Trinajstić information content (AvgIpc) is 3.47. The van der Waals surface area contributed by atoms with Gasteiger partial charge in [-0.05, 0) is 57.1 Å². The lowest BCUT2D eigenvalue weighted by Gasteiger charge is -2.30. The van der Waals surface area contributed by atoms with Crippen molar-refractivity contribution < 1.29 is 4.42 Å². The molecule has 0 bridgehead atoms. The molecule has 0 amide bonds. The highest BCUT2D eigenvalue weighted by atomic mass is 79.9. The quantitative estimate of drug-likeness (QED) is 0.209. The lowest BCUT2D eigenvalue weighted by atomic mass is 9.70. The number of fused-ring (bicyclic) bond motifs is 14. The third-order valence-corrected chi connectivity index (χ3v) is 8.05. The van der Waals surface area contributed by atoms with Gasteiger partial charge in [0, 0.05) is 20.8 Å². The zero-order valence-corrected chi connectivity index (χ0v) is 19.2. The Bertz CT molecular complexity index is 1740. The lowest BCUT2D eigenvalue weighted by molar-refractivity contribution is 0.669. The minimum absolute atomic E-state index is 0.327. The molecule has 1 spiro atoms. The molecule has 0 atom stereocenters. The van der Waals surface area contributed by atoms with E-state index in [1.807, 2.05) is 6.07 Å². The van der Waals surface area contributed by atoms with Crippen molar-refractivity contribution >= 4 is 37.9 Å². The smallest absolute Gasteiger partial charge is 0.143 e. The van der Waals surface area contributed by atoms with Crippen LogP contribution in [0.15, 0.2) is 112 Å². The van der Waals surface area contributed by atoms with Gasteiger partial charge in [0.15, 0.2) is 0 Å². The second kappa shape index (κ2) is 6.03. The van der Waals surface area contributed by atoms with Gasteiger partial charge in [-0.1, -0.05) is 101 Å². The van der Waals surface area contributed by atoms with Crippen LogP contribution in [0.5, 0.6) is 0 Å². The number of furan rings is 1. The summed E-state index contributed by atoms with van der Waals surface area (Å²) in [5, 5.41) is 2.31. The van der Waals surface area contributed by atoms with Crippen molar-refractivity contribution in [2.24, 2.45) is 0 Å². The lowest BCUT2D eigenvalue weighted by Crippen LogP contribution is -2.25. The predicted molar refractivity (Wildman–Crippen MR) is 138 cm³/mol. The van der Waals surface area contributed by atoms with E-state index < -0.39 is 0 Å². The third-order valence-electron chi connectivity index (χ3n) is 7.56. The number of hydrogen-bond acceptors (Lipinski definition) is 1. The fourth-order valence-corrected chi connectivity index (χ4v) is 6.74. The van der Waals surface area contributed by atoms with Gasteiger partial charge in [0.1, 0.15) is 11.2 Å². The fourth-order valence-electron chi connectivity index (χ4n) is 6.38. The summed E-state index contributed by atoms with van der Waals surface area (Å²) in [6.45, 7) is 0. The van der Waals surface area contributed by atoms with Gasteiger partial charge in [-0.2, -0.15) is 0 Å². The maximum Gasteiger partial charge on any atom is 0.143 e. The van der Waals surface area contributed by atoms with Gasteiger partial charge in [0.2, 0.25) is 0 Å². The number of benzene rings is 5. The first-order valence-corrected chi connectivity index (χ1v) is 12.0. The van der Waals surface area contributed by atoms with Gasteiger partial charge >= 0.3 is 0 Å². The largest absolute Gasteiger partial charge is 0.455 e. The molecule has 5 aromatic carbocycles. The highest BCUT2D eigenvalue weighted by Crippen LogP contribution is 2.63. The Balaban J connectivity index is 1.61. The van der Waals surface area contributed by atoms with Crippen molar-refractivity contribution in [2.75, 3.05) is 0 Å². The summed E-state index contributed by atoms with van der Waals surface area (Å²) in [7, 11) is 0. The van der Waals surface area contributed by atoms with Crippen molar-refractivity contribution in [1.29, 1.82) is 0 Å². The van der Waals surface area contributed by atoms with E-state index in [0.717, 1.165) is 26.4 Å². The highest BCUT2D eigenvalue weighted by Gasteiger charge is 2.52. The van der Waals surface area contributed by atoms with Gasteiger partial charge in [-0.25, -0.2) is 0 Å². The van der Waals surface area contributed by atoms with E-state index in [1.165, 1.54) is 44.5 Å². The van der Waals surface area contributed by atoms with Gasteiger partial charge in [0.05, 0.1) is 5.41 Å². The molecule has 0 saturated carbocycles. The number of halogens is 1. The normalized spacial score (nSPS) is 14.5. The molecular weight excluding hydrogens is 468 g/mol. The fraction of sp³-hybridized carbons (Fsp3) is 0.0323. The van der Waals surface area contributed by atoms with E-state index in [2.05, 4.69) is 113 Å². The van der Waals surface area contributed by atoms with Crippen molar-refractivity contribution in [3.8, 4) is 22.3 Å². The van der Waals surface area contributed by atoms with Crippen LogP contribution in [0.25, 0.3) is 44.2 Å². The van der Waals surface area contributed by atoms with Gasteiger partial charge in [-0.15, -0.1) is 0 Å². The van der Waals surface area contributed by atoms with E-state index in [1.54, 1.807) is 0 Å². The molecule has 2 aliphatic carbocycles. The Morgan fingerprint density at radius 2 is 1.15 bits per heavy atom. The molecule has 0 radical (unpaired) electrons. The first kappa shape index (κ1) is 17.9. The van der Waals surface area contributed by atoms with Crippen molar-refractivity contribution in [3.63, 3.8) is 0 Å². The molecule has 0 fully saturated rings. The van der Waals surface area contributed by atoms with E-state index >= 15 is 0 Å². The molecule has 33 heavy (non-hydrogen) atoms. The average molecular weight is 485 g/mol. The van der Waals surface area contributed by atoms with E-state index in [4.69, 9.17) is 4.42 Å². The van der Waals surface area contributed by atoms with Crippen LogP contribution in [-0.2, 0) is 5.41 Å². The SMILES string of the molecule is Brc1ccc2oc3c4c(ccc3c2c1)C1(c2ccccc2-c2ccccc21)c1ccccc1-4. The van der Waals surface area contributed by atoms with Crippen LogP contribution in [-0.4, -0.2) is 0 Å². The maximum absolute atomic E-state index is 6.56. The van der Waals surface area contributed by atoms with Crippen LogP contribution in [0.3, 0.4) is 0 Å². The summed E-state index contributed by atoms with van der Waals surface area (Å²) in [6.07, 6.45) is 0. The topological polar surface area (TPSA) is 13.1 Å². The molecule has 2 heteroatoms. The standard InChI is InChI=1S/C31H17BrO/c32-18-13-16-28-23(17-18)21-14-15-27-29(30(21)33-28)22-9-3-6-12-26(22)31(27)24-10-4-1-7-19(24)20-8-2-5-11-25(20)31/h1-17H. The van der Waals surface area contributed by atoms with Gasteiger partial charge in [-0.3, -0.25) is 0 Å². The molecule has 1 aromatic heterocycles. The molecule has 2 aliphatic rings. The summed E-state index contributed by atoms with van der Waals surface area (Å²) in [6, 6.07) is 37.5. The minimum Gasteiger partial charge on any atom is -0.455 e. The van der Waals surface area contributed by atoms with E-state index in [0.29, 0.717) is 0 Å². The van der Waals surface area contributed by atoms with Gasteiger partial charge in [0.25, 0.3) is 0 Å². The first-order chi connectivity index (χ1) is 16.3. The van der Waals surface area contributed by atoms with Crippen LogP contribution in [0.2, 0.25) is 0 Å². The van der Waals surface area contributed by atoms with E-state index in [-0.39, 0.29) is 5.41 Å². The maximum atomic E-state index is 6.56. The van der Waals surface area contributed by atoms with Gasteiger partial charge < -0.3 is 4.42 Å². The second-order valence-electron chi connectivity index (χ2n) is 8.99. The molecule has 1 heterocycles. The zero-order chi connectivity index (χ0) is 21.7. The van der Waals surface area contributed by atoms with Crippen LogP contribution >= 0.6 is 15.9 Å². The number of rotatable bonds is 0. The predicted octanol–water partition coefficient (Wildman–Crippen LogP) is 8.69. The van der Waals surface area contributed by atoms with Crippen molar-refractivity contribution in [1.82, 2.24) is 0 Å². The third kappa shape index (κ3) is 2.00. The van der Waals surface area contributed by atoms with E-state index in [9.17, 15) is 0 Å². The van der Waals surface area contributed by atoms with Crippen LogP contribution in [0.1, 0.15) is 22.3 Å². The van der Waals surface area contributed by atoms with Crippen molar-refractivity contribution in [2.45, 2.75) is 5.41 Å². The summed E-state index contributed by atoms with van der Waals surface area (Å²) in [5.74, 6) is 0. The van der Waals surface area contributed by atoms with Crippen molar-refractivity contribution in [3.05, 3.63) is 130 Å². The molecule has 0 saturated heterocycles. The summed E-state index contributed by atoms with van der Waals surface area (Å²) >= 11 is 3.63. The second-order valence-corrected chi connectivity index (χ2v) is 9.91. The van der Waals surface area contributed by atoms with Crippen LogP contribution < -0.4 is 0 Å². The summed E-state index contributed by atoms with van der Waals surface area (Å²) in [5.41, 5.74) is 12.1. The Kier molecular flexibility index (Phi) is 3.27. The Labute approximate surface area is 199 Å². The van der Waals surface area contributed by atoms with Crippen LogP contribution in [0.4, 0.5) is 0 Å².